The molecule has 2 atom stereocenters. The van der Waals surface area contributed by atoms with Crippen LogP contribution in [0, 0.1) is 11.3 Å². The van der Waals surface area contributed by atoms with Crippen LogP contribution in [0.3, 0.4) is 0 Å². The average molecular weight is 227 g/mol. The summed E-state index contributed by atoms with van der Waals surface area (Å²) in [6.07, 6.45) is 2.27. The minimum atomic E-state index is -0.446. The first-order valence-electron chi connectivity index (χ1n) is 5.75. The van der Waals surface area contributed by atoms with Gasteiger partial charge in [-0.05, 0) is 12.8 Å². The standard InChI is InChI=1S/C12H21NO3/c1-12(2,3)10(14)8-6-5-7-9(8)13-11(15)16-4/h8-9H,5-7H2,1-4H3,(H,13,15)/t8-,9-/m1/s1. The van der Waals surface area contributed by atoms with E-state index < -0.39 is 6.09 Å². The minimum absolute atomic E-state index is 0.0563. The first-order valence-corrected chi connectivity index (χ1v) is 5.75. The van der Waals surface area contributed by atoms with Crippen LogP contribution >= 0.6 is 0 Å². The summed E-state index contributed by atoms with van der Waals surface area (Å²) >= 11 is 0. The summed E-state index contributed by atoms with van der Waals surface area (Å²) in [4.78, 5) is 23.3. The Hall–Kier alpha value is -1.06. The van der Waals surface area contributed by atoms with Gasteiger partial charge in [-0.25, -0.2) is 4.79 Å². The third kappa shape index (κ3) is 2.97. The molecule has 0 heterocycles. The predicted octanol–water partition coefficient (Wildman–Crippen LogP) is 2.13. The summed E-state index contributed by atoms with van der Waals surface area (Å²) in [6, 6.07) is -0.0563. The summed E-state index contributed by atoms with van der Waals surface area (Å²) in [5, 5.41) is 2.75. The molecule has 1 aliphatic rings. The Morgan fingerprint density at radius 1 is 1.25 bits per heavy atom. The van der Waals surface area contributed by atoms with E-state index >= 15 is 0 Å². The lowest BCUT2D eigenvalue weighted by Gasteiger charge is -2.26. The van der Waals surface area contributed by atoms with E-state index in [0.717, 1.165) is 19.3 Å². The molecule has 1 saturated carbocycles. The van der Waals surface area contributed by atoms with Crippen LogP contribution in [0.25, 0.3) is 0 Å². The van der Waals surface area contributed by atoms with Crippen molar-refractivity contribution in [3.05, 3.63) is 0 Å². The number of ketones is 1. The average Bonchev–Trinajstić information content (AvgIpc) is 2.63. The van der Waals surface area contributed by atoms with E-state index in [9.17, 15) is 9.59 Å². The Bertz CT molecular complexity index is 280. The quantitative estimate of drug-likeness (QED) is 0.786. The number of carbonyl (C=O) groups is 2. The molecule has 16 heavy (non-hydrogen) atoms. The van der Waals surface area contributed by atoms with Crippen molar-refractivity contribution in [2.24, 2.45) is 11.3 Å². The van der Waals surface area contributed by atoms with E-state index in [1.165, 1.54) is 7.11 Å². The highest BCUT2D eigenvalue weighted by Crippen LogP contribution is 2.32. The van der Waals surface area contributed by atoms with Crippen LogP contribution in [-0.2, 0) is 9.53 Å². The lowest BCUT2D eigenvalue weighted by Crippen LogP contribution is -2.43. The van der Waals surface area contributed by atoms with Crippen LogP contribution < -0.4 is 5.32 Å². The minimum Gasteiger partial charge on any atom is -0.453 e. The molecular weight excluding hydrogens is 206 g/mol. The van der Waals surface area contributed by atoms with Gasteiger partial charge in [0, 0.05) is 17.4 Å². The SMILES string of the molecule is COC(=O)N[C@@H]1CCC[C@H]1C(=O)C(C)(C)C. The molecule has 92 valence electrons. The number of methoxy groups -OCH3 is 1. The molecule has 0 aromatic rings. The maximum atomic E-state index is 12.2. The summed E-state index contributed by atoms with van der Waals surface area (Å²) in [6.45, 7) is 5.76. The van der Waals surface area contributed by atoms with Crippen molar-refractivity contribution in [3.63, 3.8) is 0 Å². The number of carbonyl (C=O) groups excluding carboxylic acids is 2. The van der Waals surface area contributed by atoms with Crippen molar-refractivity contribution < 1.29 is 14.3 Å². The van der Waals surface area contributed by atoms with E-state index in [1.807, 2.05) is 20.8 Å². The van der Waals surface area contributed by atoms with Gasteiger partial charge in [-0.2, -0.15) is 0 Å². The molecule has 0 aromatic carbocycles. The van der Waals surface area contributed by atoms with Gasteiger partial charge < -0.3 is 10.1 Å². The van der Waals surface area contributed by atoms with Crippen LogP contribution in [-0.4, -0.2) is 25.0 Å². The fourth-order valence-electron chi connectivity index (χ4n) is 2.21. The van der Waals surface area contributed by atoms with Gasteiger partial charge in [0.2, 0.25) is 0 Å². The van der Waals surface area contributed by atoms with Gasteiger partial charge in [-0.1, -0.05) is 27.2 Å². The number of nitrogens with one attached hydrogen (secondary N) is 1. The number of rotatable bonds is 2. The summed E-state index contributed by atoms with van der Waals surface area (Å²) < 4.78 is 4.56. The number of amides is 1. The Kier molecular flexibility index (Phi) is 3.94. The van der Waals surface area contributed by atoms with Crippen molar-refractivity contribution in [1.29, 1.82) is 0 Å². The zero-order valence-corrected chi connectivity index (χ0v) is 10.5. The highest BCUT2D eigenvalue weighted by molar-refractivity contribution is 5.87. The molecule has 1 fully saturated rings. The normalized spacial score (nSPS) is 25.2. The fraction of sp³-hybridized carbons (Fsp3) is 0.833. The number of Topliss-reactive ketones (excluding diaryl/α,β-unsaturated/α-hetero) is 1. The molecule has 0 saturated heterocycles. The first-order chi connectivity index (χ1) is 7.36. The highest BCUT2D eigenvalue weighted by atomic mass is 16.5. The molecular formula is C12H21NO3. The molecule has 0 bridgehead atoms. The molecule has 1 aliphatic carbocycles. The first kappa shape index (κ1) is 13.0. The molecule has 4 nitrogen and oxygen atoms in total. The molecule has 0 aromatic heterocycles. The van der Waals surface area contributed by atoms with Crippen molar-refractivity contribution >= 4 is 11.9 Å². The van der Waals surface area contributed by atoms with Crippen LogP contribution in [0.1, 0.15) is 40.0 Å². The summed E-state index contributed by atoms with van der Waals surface area (Å²) in [5.74, 6) is 0.172. The van der Waals surface area contributed by atoms with Gasteiger partial charge in [-0.3, -0.25) is 4.79 Å². The molecule has 0 radical (unpaired) electrons. The fourth-order valence-corrected chi connectivity index (χ4v) is 2.21. The molecule has 0 aliphatic heterocycles. The third-order valence-corrected chi connectivity index (χ3v) is 3.08. The van der Waals surface area contributed by atoms with Gasteiger partial charge >= 0.3 is 6.09 Å². The largest absolute Gasteiger partial charge is 0.453 e. The second kappa shape index (κ2) is 4.85. The summed E-state index contributed by atoms with van der Waals surface area (Å²) in [5.41, 5.74) is -0.342. The van der Waals surface area contributed by atoms with Gasteiger partial charge in [0.1, 0.15) is 5.78 Å². The van der Waals surface area contributed by atoms with Crippen molar-refractivity contribution in [2.75, 3.05) is 7.11 Å². The Morgan fingerprint density at radius 2 is 1.88 bits per heavy atom. The lowest BCUT2D eigenvalue weighted by molar-refractivity contribution is -0.130. The lowest BCUT2D eigenvalue weighted by atomic mass is 9.81. The van der Waals surface area contributed by atoms with Crippen LogP contribution in [0.15, 0.2) is 0 Å². The summed E-state index contributed by atoms with van der Waals surface area (Å²) in [7, 11) is 1.34. The number of hydrogen-bond acceptors (Lipinski definition) is 3. The van der Waals surface area contributed by atoms with Crippen LogP contribution in [0.4, 0.5) is 4.79 Å². The molecule has 0 spiro atoms. The van der Waals surface area contributed by atoms with Crippen LogP contribution in [0.5, 0.6) is 0 Å². The maximum absolute atomic E-state index is 12.2. The van der Waals surface area contributed by atoms with E-state index in [0.29, 0.717) is 0 Å². The van der Waals surface area contributed by atoms with E-state index in [4.69, 9.17) is 0 Å². The smallest absolute Gasteiger partial charge is 0.407 e. The maximum Gasteiger partial charge on any atom is 0.407 e. The Balaban J connectivity index is 2.66. The van der Waals surface area contributed by atoms with E-state index in [2.05, 4.69) is 10.1 Å². The van der Waals surface area contributed by atoms with Gasteiger partial charge in [0.25, 0.3) is 0 Å². The Morgan fingerprint density at radius 3 is 2.38 bits per heavy atom. The van der Waals surface area contributed by atoms with Crippen LogP contribution in [0.2, 0.25) is 0 Å². The number of hydrogen-bond donors (Lipinski definition) is 1. The zero-order valence-electron chi connectivity index (χ0n) is 10.5. The Labute approximate surface area is 96.7 Å². The number of ether oxygens (including phenoxy) is 1. The highest BCUT2D eigenvalue weighted by Gasteiger charge is 2.38. The molecule has 4 heteroatoms. The van der Waals surface area contributed by atoms with Gasteiger partial charge in [0.05, 0.1) is 7.11 Å². The topological polar surface area (TPSA) is 55.4 Å². The predicted molar refractivity (Wildman–Crippen MR) is 61.1 cm³/mol. The molecule has 0 unspecified atom stereocenters. The van der Waals surface area contributed by atoms with Crippen molar-refractivity contribution in [3.8, 4) is 0 Å². The van der Waals surface area contributed by atoms with Crippen molar-refractivity contribution in [2.45, 2.75) is 46.1 Å². The second-order valence-electron chi connectivity index (χ2n) is 5.39. The molecule has 1 N–H and O–H groups in total. The zero-order chi connectivity index (χ0) is 12.3. The van der Waals surface area contributed by atoms with Crippen molar-refractivity contribution in [1.82, 2.24) is 5.32 Å². The molecule has 1 rings (SSSR count). The monoisotopic (exact) mass is 227 g/mol. The third-order valence-electron chi connectivity index (χ3n) is 3.08. The second-order valence-corrected chi connectivity index (χ2v) is 5.39. The number of alkyl carbamates (subject to hydrolysis) is 1. The van der Waals surface area contributed by atoms with Gasteiger partial charge in [-0.15, -0.1) is 0 Å². The molecule has 1 amide bonds. The van der Waals surface area contributed by atoms with Gasteiger partial charge in [0.15, 0.2) is 0 Å². The van der Waals surface area contributed by atoms with E-state index in [-0.39, 0.29) is 23.2 Å². The van der Waals surface area contributed by atoms with E-state index in [1.54, 1.807) is 0 Å².